The van der Waals surface area contributed by atoms with Crippen molar-refractivity contribution in [2.45, 2.75) is 13.0 Å². The fourth-order valence-corrected chi connectivity index (χ4v) is 2.76. The van der Waals surface area contributed by atoms with Gasteiger partial charge in [-0.15, -0.1) is 11.3 Å². The van der Waals surface area contributed by atoms with E-state index in [-0.39, 0.29) is 5.82 Å². The van der Waals surface area contributed by atoms with Gasteiger partial charge in [0.05, 0.1) is 11.2 Å². The van der Waals surface area contributed by atoms with Gasteiger partial charge < -0.3 is 4.90 Å². The normalized spacial score (nSPS) is 14.1. The number of nitrogens with zero attached hydrogens (tertiary/aromatic N) is 2. The maximum atomic E-state index is 13.1. The van der Waals surface area contributed by atoms with E-state index in [0.29, 0.717) is 17.9 Å². The zero-order valence-electron chi connectivity index (χ0n) is 9.69. The van der Waals surface area contributed by atoms with E-state index in [9.17, 15) is 4.39 Å². The minimum atomic E-state index is -0.278. The lowest BCUT2D eigenvalue weighted by Gasteiger charge is -2.16. The Bertz CT molecular complexity index is 580. The van der Waals surface area contributed by atoms with Gasteiger partial charge in [-0.1, -0.05) is 6.07 Å². The van der Waals surface area contributed by atoms with Crippen LogP contribution in [-0.2, 0) is 13.0 Å². The number of benzene rings is 1. The van der Waals surface area contributed by atoms with Gasteiger partial charge in [0.2, 0.25) is 0 Å². The van der Waals surface area contributed by atoms with Crippen molar-refractivity contribution in [1.29, 1.82) is 5.41 Å². The zero-order valence-corrected chi connectivity index (χ0v) is 10.5. The summed E-state index contributed by atoms with van der Waals surface area (Å²) in [5.74, 6) is 0.139. The molecule has 2 heterocycles. The van der Waals surface area contributed by atoms with Crippen molar-refractivity contribution in [1.82, 2.24) is 9.88 Å². The molecular formula is C13H12FN3S. The van der Waals surface area contributed by atoms with E-state index in [1.54, 1.807) is 17.4 Å². The summed E-state index contributed by atoms with van der Waals surface area (Å²) in [6.45, 7) is 1.44. The minimum absolute atomic E-state index is 0.278. The molecule has 18 heavy (non-hydrogen) atoms. The molecule has 1 aromatic carbocycles. The van der Waals surface area contributed by atoms with Crippen LogP contribution in [0.25, 0.3) is 0 Å². The van der Waals surface area contributed by atoms with E-state index >= 15 is 0 Å². The van der Waals surface area contributed by atoms with E-state index in [0.717, 1.165) is 24.2 Å². The van der Waals surface area contributed by atoms with Crippen LogP contribution in [0, 0.1) is 11.2 Å². The van der Waals surface area contributed by atoms with Crippen molar-refractivity contribution in [3.63, 3.8) is 0 Å². The Morgan fingerprint density at radius 2 is 2.33 bits per heavy atom. The Balaban J connectivity index is 1.72. The fraction of sp³-hybridized carbons (Fsp3) is 0.231. The summed E-state index contributed by atoms with van der Waals surface area (Å²) in [6.07, 6.45) is 0.822. The second-order valence-electron chi connectivity index (χ2n) is 4.30. The van der Waals surface area contributed by atoms with E-state index in [1.807, 2.05) is 15.8 Å². The Kier molecular flexibility index (Phi) is 2.83. The Labute approximate surface area is 108 Å². The molecule has 0 saturated carbocycles. The van der Waals surface area contributed by atoms with Crippen LogP contribution in [0.15, 0.2) is 29.1 Å². The minimum Gasteiger partial charge on any atom is -0.352 e. The molecule has 5 heteroatoms. The summed E-state index contributed by atoms with van der Waals surface area (Å²) >= 11 is 1.58. The number of aromatic nitrogens is 1. The monoisotopic (exact) mass is 261 g/mol. The highest BCUT2D eigenvalue weighted by molar-refractivity contribution is 7.07. The van der Waals surface area contributed by atoms with Crippen LogP contribution < -0.4 is 0 Å². The fourth-order valence-electron chi connectivity index (χ4n) is 2.16. The first kappa shape index (κ1) is 11.3. The van der Waals surface area contributed by atoms with E-state index in [1.165, 1.54) is 12.1 Å². The molecule has 1 aliphatic rings. The molecule has 0 spiro atoms. The number of hydrogen-bond acceptors (Lipinski definition) is 3. The third-order valence-electron chi connectivity index (χ3n) is 3.13. The molecule has 2 aromatic rings. The van der Waals surface area contributed by atoms with Gasteiger partial charge >= 0.3 is 0 Å². The van der Waals surface area contributed by atoms with Gasteiger partial charge in [-0.3, -0.25) is 5.41 Å². The molecule has 3 nitrogen and oxygen atoms in total. The van der Waals surface area contributed by atoms with Gasteiger partial charge in [0.1, 0.15) is 11.7 Å². The van der Waals surface area contributed by atoms with Gasteiger partial charge in [-0.05, 0) is 17.7 Å². The lowest BCUT2D eigenvalue weighted by molar-refractivity contribution is 0.430. The highest BCUT2D eigenvalue weighted by Gasteiger charge is 2.24. The van der Waals surface area contributed by atoms with Crippen molar-refractivity contribution in [3.8, 4) is 0 Å². The number of amidine groups is 1. The van der Waals surface area contributed by atoms with Crippen molar-refractivity contribution in [2.24, 2.45) is 0 Å². The lowest BCUT2D eigenvalue weighted by Crippen LogP contribution is -2.26. The summed E-state index contributed by atoms with van der Waals surface area (Å²) in [6, 6.07) is 4.67. The average Bonchev–Trinajstić information content (AvgIpc) is 2.97. The molecule has 3 rings (SSSR count). The second kappa shape index (κ2) is 4.49. The topological polar surface area (TPSA) is 40.0 Å². The molecule has 0 atom stereocenters. The average molecular weight is 261 g/mol. The molecule has 0 radical (unpaired) electrons. The highest BCUT2D eigenvalue weighted by Crippen LogP contribution is 2.23. The molecule has 0 fully saturated rings. The van der Waals surface area contributed by atoms with Gasteiger partial charge in [0.25, 0.3) is 0 Å². The summed E-state index contributed by atoms with van der Waals surface area (Å²) < 4.78 is 13.1. The molecule has 1 N–H and O–H groups in total. The van der Waals surface area contributed by atoms with E-state index < -0.39 is 0 Å². The number of hydrogen-bond donors (Lipinski definition) is 1. The molecular weight excluding hydrogens is 249 g/mol. The number of nitrogens with one attached hydrogen (secondary N) is 1. The maximum Gasteiger partial charge on any atom is 0.128 e. The third kappa shape index (κ3) is 2.01. The Morgan fingerprint density at radius 3 is 3.11 bits per heavy atom. The third-order valence-corrected chi connectivity index (χ3v) is 3.76. The predicted octanol–water partition coefficient (Wildman–Crippen LogP) is 2.67. The van der Waals surface area contributed by atoms with Crippen LogP contribution in [0.1, 0.15) is 16.8 Å². The quantitative estimate of drug-likeness (QED) is 0.922. The highest BCUT2D eigenvalue weighted by atomic mass is 32.1. The first-order valence-corrected chi connectivity index (χ1v) is 6.67. The molecule has 0 bridgehead atoms. The summed E-state index contributed by atoms with van der Waals surface area (Å²) in [5.41, 5.74) is 4.61. The standard InChI is InChI=1S/C13H12FN3S/c14-10-2-1-9-6-17(13(15)12(9)5-10)4-3-11-7-18-8-16-11/h1-2,5,7-8,15H,3-4,6H2. The summed E-state index contributed by atoms with van der Waals surface area (Å²) in [5, 5.41) is 10.1. The molecule has 1 aromatic heterocycles. The van der Waals surface area contributed by atoms with Crippen molar-refractivity contribution < 1.29 is 4.39 Å². The van der Waals surface area contributed by atoms with E-state index in [4.69, 9.17) is 5.41 Å². The number of rotatable bonds is 3. The SMILES string of the molecule is N=C1c2cc(F)ccc2CN1CCc1cscn1. The van der Waals surface area contributed by atoms with Crippen molar-refractivity contribution >= 4 is 17.2 Å². The summed E-state index contributed by atoms with van der Waals surface area (Å²) in [7, 11) is 0. The Morgan fingerprint density at radius 1 is 1.44 bits per heavy atom. The molecule has 0 aliphatic carbocycles. The van der Waals surface area contributed by atoms with Crippen LogP contribution in [0.4, 0.5) is 4.39 Å². The van der Waals surface area contributed by atoms with Crippen LogP contribution in [0.5, 0.6) is 0 Å². The number of thiazole rings is 1. The van der Waals surface area contributed by atoms with Crippen LogP contribution in [0.3, 0.4) is 0 Å². The van der Waals surface area contributed by atoms with Crippen LogP contribution >= 0.6 is 11.3 Å². The molecule has 0 unspecified atom stereocenters. The lowest BCUT2D eigenvalue weighted by atomic mass is 10.1. The second-order valence-corrected chi connectivity index (χ2v) is 5.02. The zero-order chi connectivity index (χ0) is 12.5. The largest absolute Gasteiger partial charge is 0.352 e. The van der Waals surface area contributed by atoms with Crippen LogP contribution in [-0.4, -0.2) is 22.3 Å². The first-order chi connectivity index (χ1) is 8.74. The van der Waals surface area contributed by atoms with Crippen molar-refractivity contribution in [3.05, 3.63) is 51.7 Å². The van der Waals surface area contributed by atoms with E-state index in [2.05, 4.69) is 4.98 Å². The van der Waals surface area contributed by atoms with Crippen molar-refractivity contribution in [2.75, 3.05) is 6.54 Å². The Hall–Kier alpha value is -1.75. The van der Waals surface area contributed by atoms with Gasteiger partial charge in [-0.25, -0.2) is 9.37 Å². The number of halogens is 1. The molecule has 1 aliphatic heterocycles. The van der Waals surface area contributed by atoms with Crippen LogP contribution in [0.2, 0.25) is 0 Å². The predicted molar refractivity (Wildman–Crippen MR) is 69.5 cm³/mol. The molecule has 92 valence electrons. The smallest absolute Gasteiger partial charge is 0.128 e. The van der Waals surface area contributed by atoms with Gasteiger partial charge in [0.15, 0.2) is 0 Å². The van der Waals surface area contributed by atoms with Gasteiger partial charge in [0, 0.05) is 30.5 Å². The van der Waals surface area contributed by atoms with Gasteiger partial charge in [-0.2, -0.15) is 0 Å². The first-order valence-electron chi connectivity index (χ1n) is 5.73. The maximum absolute atomic E-state index is 13.1. The molecule has 0 amide bonds. The summed E-state index contributed by atoms with van der Waals surface area (Å²) in [4.78, 5) is 6.19. The number of fused-ring (bicyclic) bond motifs is 1. The molecule has 0 saturated heterocycles.